The van der Waals surface area contributed by atoms with Gasteiger partial charge >= 0.3 is 0 Å². The van der Waals surface area contributed by atoms with Gasteiger partial charge in [-0.3, -0.25) is 9.55 Å². The molecule has 0 aliphatic carbocycles. The van der Waals surface area contributed by atoms with Crippen molar-refractivity contribution in [3.05, 3.63) is 192 Å². The van der Waals surface area contributed by atoms with E-state index in [1.807, 2.05) is 136 Å². The van der Waals surface area contributed by atoms with E-state index < -0.39 is 91.0 Å². The van der Waals surface area contributed by atoms with E-state index in [9.17, 15) is 5.11 Å². The van der Waals surface area contributed by atoms with E-state index in [2.05, 4.69) is 32.9 Å². The highest BCUT2D eigenvalue weighted by atomic mass is 16.3. The van der Waals surface area contributed by atoms with E-state index in [0.717, 1.165) is 56.1 Å². The average molecular weight is 910 g/mol. The molecule has 0 fully saturated rings. The molecule has 0 radical (unpaired) electrons. The fourth-order valence-electron chi connectivity index (χ4n) is 8.86. The first-order valence-corrected chi connectivity index (χ1v) is 22.5. The lowest BCUT2D eigenvalue weighted by atomic mass is 9.78. The lowest BCUT2D eigenvalue weighted by Gasteiger charge is -2.28. The van der Waals surface area contributed by atoms with Crippen molar-refractivity contribution in [2.45, 2.75) is 104 Å². The molecule has 0 amide bonds. The Labute approximate surface area is 429 Å². The number of aromatic nitrogens is 3. The molecule has 9 rings (SSSR count). The van der Waals surface area contributed by atoms with E-state index in [4.69, 9.17) is 34.6 Å². The van der Waals surface area contributed by atoms with Gasteiger partial charge in [-0.15, -0.1) is 0 Å². The van der Waals surface area contributed by atoms with Gasteiger partial charge in [0, 0.05) is 53.2 Å². The van der Waals surface area contributed by atoms with Gasteiger partial charge in [0.25, 0.3) is 0 Å². The lowest BCUT2D eigenvalue weighted by Crippen LogP contribution is -2.17. The lowest BCUT2D eigenvalue weighted by molar-refractivity contribution is 0.446. The minimum atomic E-state index is -4.13. The minimum Gasteiger partial charge on any atom is -0.507 e. The Kier molecular flexibility index (Phi) is 7.35. The number of aromatic hydroxyl groups is 1. The largest absolute Gasteiger partial charge is 0.507 e. The molecule has 9 aromatic rings. The Morgan fingerprint density at radius 2 is 1.06 bits per heavy atom. The molecule has 1 N–H and O–H groups in total. The summed E-state index contributed by atoms with van der Waals surface area (Å²) in [5.74, 6) is -1.74. The second-order valence-corrected chi connectivity index (χ2v) is 19.6. The van der Waals surface area contributed by atoms with Crippen molar-refractivity contribution in [2.24, 2.45) is 0 Å². The van der Waals surface area contributed by atoms with Gasteiger partial charge in [-0.2, -0.15) is 0 Å². The van der Waals surface area contributed by atoms with Crippen LogP contribution in [-0.2, 0) is 21.7 Å². The Balaban J connectivity index is 1.42. The summed E-state index contributed by atoms with van der Waals surface area (Å²) in [6.07, 6.45) is 1.73. The van der Waals surface area contributed by atoms with Crippen LogP contribution in [0.2, 0.25) is 0 Å². The van der Waals surface area contributed by atoms with Crippen molar-refractivity contribution in [1.82, 2.24) is 14.5 Å². The molecule has 0 atom stereocenters. The summed E-state index contributed by atoms with van der Waals surface area (Å²) in [7, 11) is 0. The van der Waals surface area contributed by atoms with Crippen LogP contribution in [0.1, 0.15) is 130 Å². The molecule has 0 spiro atoms. The van der Waals surface area contributed by atoms with Crippen LogP contribution in [-0.4, -0.2) is 19.6 Å². The summed E-state index contributed by atoms with van der Waals surface area (Å²) in [4.78, 5) is 10.1. The third kappa shape index (κ3) is 9.05. The molecule has 4 heteroatoms. The van der Waals surface area contributed by atoms with Crippen molar-refractivity contribution in [2.75, 3.05) is 0 Å². The Hall–Kier alpha value is -7.04. The fourth-order valence-corrected chi connectivity index (χ4v) is 8.86. The maximum Gasteiger partial charge on any atom is 0.149 e. The summed E-state index contributed by atoms with van der Waals surface area (Å²) in [5, 5.41) is 13.1. The maximum absolute atomic E-state index is 13.1. The molecule has 68 heavy (non-hydrogen) atoms. The zero-order valence-corrected chi connectivity index (χ0v) is 39.0. The maximum atomic E-state index is 13.1. The van der Waals surface area contributed by atoms with Crippen molar-refractivity contribution < 1.29 is 29.8 Å². The molecule has 2 aromatic heterocycles. The summed E-state index contributed by atoms with van der Waals surface area (Å²) in [6, 6.07) is 49.4. The predicted octanol–water partition coefficient (Wildman–Crippen LogP) is 17.3. The van der Waals surface area contributed by atoms with Crippen LogP contribution < -0.4 is 0 Å². The van der Waals surface area contributed by atoms with Crippen LogP contribution in [0.3, 0.4) is 0 Å². The number of hydrogen-bond acceptors (Lipinski definition) is 3. The van der Waals surface area contributed by atoms with Crippen LogP contribution in [0.5, 0.6) is 5.75 Å². The molecule has 0 saturated carbocycles. The fraction of sp³-hybridized carbons (Fsp3) is 0.250. The molecular weight excluding hydrogens is 827 g/mol. The molecule has 4 nitrogen and oxygen atoms in total. The number of imidazole rings is 1. The summed E-state index contributed by atoms with van der Waals surface area (Å²) in [6.45, 7) is -12.4. The van der Waals surface area contributed by atoms with Gasteiger partial charge in [0.05, 0.1) is 22.3 Å². The van der Waals surface area contributed by atoms with Crippen LogP contribution in [0.15, 0.2) is 170 Å². The van der Waals surface area contributed by atoms with Gasteiger partial charge < -0.3 is 5.11 Å². The molecule has 0 aliphatic rings. The monoisotopic (exact) mass is 910 g/mol. The number of phenolic OH excluding ortho intramolecular Hbond substituents is 1. The first-order chi connectivity index (χ1) is 39.6. The Morgan fingerprint density at radius 3 is 1.71 bits per heavy atom. The van der Waals surface area contributed by atoms with Crippen LogP contribution in [0.4, 0.5) is 0 Å². The van der Waals surface area contributed by atoms with Crippen LogP contribution in [0, 0.1) is 0 Å². The average Bonchev–Trinajstić information content (AvgIpc) is 0.783. The predicted molar refractivity (Wildman–Crippen MR) is 288 cm³/mol. The minimum absolute atomic E-state index is 0.193. The van der Waals surface area contributed by atoms with Gasteiger partial charge in [0.2, 0.25) is 0 Å². The van der Waals surface area contributed by atoms with Gasteiger partial charge in [-0.25, -0.2) is 4.98 Å². The number of nitrogens with zero attached hydrogens (tertiary/aromatic N) is 3. The molecular formula is C64H65N3O. The first kappa shape index (κ1) is 29.0. The topological polar surface area (TPSA) is 50.9 Å². The number of rotatable bonds is 7. The number of para-hydroxylation sites is 1. The van der Waals surface area contributed by atoms with Gasteiger partial charge in [-0.1, -0.05) is 198 Å². The van der Waals surface area contributed by atoms with Gasteiger partial charge in [0.15, 0.2) is 0 Å². The SMILES string of the molecule is [2H]C([2H])([2H])C(c1cc(-c2nc3c(-c4cc(-c5cc(-c6ccc(-c7ccccc7)cc6)ccn5)cc(C(C)(C)C)c4)cccc3n2-c2ccc(-c3ccccc3)c(C(C)(C)C)c2)c(O)c(C(C([2H])([2H])[2H])(C([2H])([2H])[2H])C([2H])([2H])[2H])c1)(C([2H])([2H])[2H])C([2H])([2H])[2H]. The van der Waals surface area contributed by atoms with Crippen LogP contribution >= 0.6 is 0 Å². The first-order valence-electron chi connectivity index (χ1n) is 31.5. The molecule has 0 bridgehead atoms. The quantitative estimate of drug-likeness (QED) is 0.173. The third-order valence-electron chi connectivity index (χ3n) is 12.5. The number of hydrogen-bond donors (Lipinski definition) is 1. The van der Waals surface area contributed by atoms with Gasteiger partial charge in [-0.05, 0) is 126 Å². The summed E-state index contributed by atoms with van der Waals surface area (Å²) in [5.41, 5.74) is -2.09. The molecule has 0 unspecified atom stereocenters. The normalized spacial score (nSPS) is 17.5. The van der Waals surface area contributed by atoms with E-state index in [1.54, 1.807) is 30.5 Å². The van der Waals surface area contributed by atoms with E-state index >= 15 is 0 Å². The highest BCUT2D eigenvalue weighted by Crippen LogP contribution is 2.46. The van der Waals surface area contributed by atoms with Gasteiger partial charge in [0.1, 0.15) is 11.6 Å². The standard InChI is InChI=1S/C64H65N3O/c1-61(2,3)48-35-46(34-47(36-48)56-37-45(32-33-65-56)43-28-26-42(27-29-43)41-20-15-13-16-21-41)52-24-19-25-57-58(52)66-60(53-38-49(62(4,5)6)39-55(59(53)68)64(10,11)12)67(57)50-30-31-51(44-22-17-14-18-23-44)54(40-50)63(7,8)9/h13-40,68H,1-12H3/i4D3,5D3,6D3,10D3,11D3,12D3. The molecule has 7 aromatic carbocycles. The molecule has 0 aliphatic heterocycles. The van der Waals surface area contributed by atoms with E-state index in [-0.39, 0.29) is 5.52 Å². The van der Waals surface area contributed by atoms with Crippen LogP contribution in [0.25, 0.3) is 83.9 Å². The number of fused-ring (bicyclic) bond motifs is 1. The summed E-state index contributed by atoms with van der Waals surface area (Å²) >= 11 is 0. The second-order valence-electron chi connectivity index (χ2n) is 19.6. The van der Waals surface area contributed by atoms with Crippen molar-refractivity contribution >= 4 is 11.0 Å². The highest BCUT2D eigenvalue weighted by Gasteiger charge is 2.30. The zero-order valence-electron chi connectivity index (χ0n) is 57.0. The number of pyridine rings is 1. The number of phenols is 1. The summed E-state index contributed by atoms with van der Waals surface area (Å²) < 4.78 is 160. The van der Waals surface area contributed by atoms with Crippen molar-refractivity contribution in [1.29, 1.82) is 0 Å². The Bertz CT molecular complexity index is 3920. The highest BCUT2D eigenvalue weighted by molar-refractivity contribution is 5.97. The van der Waals surface area contributed by atoms with E-state index in [0.29, 0.717) is 34.1 Å². The molecule has 0 saturated heterocycles. The Morgan fingerprint density at radius 1 is 0.441 bits per heavy atom. The molecule has 342 valence electrons. The molecule has 2 heterocycles. The smallest absolute Gasteiger partial charge is 0.149 e. The van der Waals surface area contributed by atoms with Crippen molar-refractivity contribution in [3.8, 4) is 78.6 Å². The van der Waals surface area contributed by atoms with E-state index in [1.165, 1.54) is 4.57 Å². The zero-order chi connectivity index (χ0) is 63.3. The number of benzene rings is 7. The third-order valence-corrected chi connectivity index (χ3v) is 12.5. The van der Waals surface area contributed by atoms with Crippen molar-refractivity contribution in [3.63, 3.8) is 0 Å². The second kappa shape index (κ2) is 17.2.